The second kappa shape index (κ2) is 13.4. The van der Waals surface area contributed by atoms with Crippen LogP contribution in [-0.4, -0.2) is 34.6 Å². The summed E-state index contributed by atoms with van der Waals surface area (Å²) in [6, 6.07) is 18.4. The predicted molar refractivity (Wildman–Crippen MR) is 138 cm³/mol. The quantitative estimate of drug-likeness (QED) is 0.421. The fourth-order valence-electron chi connectivity index (χ4n) is 4.54. The molecule has 1 saturated carbocycles. The summed E-state index contributed by atoms with van der Waals surface area (Å²) < 4.78 is 0. The fourth-order valence-corrected chi connectivity index (χ4v) is 5.43. The van der Waals surface area contributed by atoms with E-state index in [4.69, 9.17) is 0 Å². The maximum atomic E-state index is 13.4. The molecule has 3 rings (SSSR count). The lowest BCUT2D eigenvalue weighted by Gasteiger charge is -2.33. The zero-order valence-corrected chi connectivity index (χ0v) is 20.9. The molecule has 1 aliphatic rings. The highest BCUT2D eigenvalue weighted by Crippen LogP contribution is 2.20. The molecule has 1 aliphatic carbocycles. The SMILES string of the molecule is CCC(C(=O)NC1CCCCC1)N(Cc1cccc(C)c1)C(=O)CCSCc1ccccc1. The Hall–Kier alpha value is -2.27. The van der Waals surface area contributed by atoms with Gasteiger partial charge in [-0.1, -0.05) is 86.3 Å². The zero-order valence-electron chi connectivity index (χ0n) is 20.1. The number of thioether (sulfide) groups is 1. The molecule has 1 fully saturated rings. The molecule has 0 aliphatic heterocycles. The van der Waals surface area contributed by atoms with Gasteiger partial charge in [-0.05, 0) is 37.3 Å². The van der Waals surface area contributed by atoms with Crippen LogP contribution in [0.1, 0.15) is 68.6 Å². The van der Waals surface area contributed by atoms with Gasteiger partial charge in [0.1, 0.15) is 6.04 Å². The third kappa shape index (κ3) is 8.22. The summed E-state index contributed by atoms with van der Waals surface area (Å²) in [5.74, 6) is 1.70. The van der Waals surface area contributed by atoms with Crippen LogP contribution in [0.5, 0.6) is 0 Å². The molecular weight excluding hydrogens is 428 g/mol. The average Bonchev–Trinajstić information content (AvgIpc) is 2.83. The summed E-state index contributed by atoms with van der Waals surface area (Å²) in [6.07, 6.45) is 6.75. The predicted octanol–water partition coefficient (Wildman–Crippen LogP) is 5.87. The molecule has 0 bridgehead atoms. The van der Waals surface area contributed by atoms with E-state index in [9.17, 15) is 9.59 Å². The number of hydrogen-bond acceptors (Lipinski definition) is 3. The van der Waals surface area contributed by atoms with Crippen LogP contribution in [0, 0.1) is 6.92 Å². The number of nitrogens with zero attached hydrogens (tertiary/aromatic N) is 1. The number of nitrogens with one attached hydrogen (secondary N) is 1. The molecule has 0 heterocycles. The first-order chi connectivity index (χ1) is 16.1. The normalized spacial score (nSPS) is 15.1. The highest BCUT2D eigenvalue weighted by Gasteiger charge is 2.30. The van der Waals surface area contributed by atoms with Crippen LogP contribution < -0.4 is 5.32 Å². The first-order valence-corrected chi connectivity index (χ1v) is 13.5. The minimum Gasteiger partial charge on any atom is -0.352 e. The van der Waals surface area contributed by atoms with Crippen LogP contribution in [0.15, 0.2) is 54.6 Å². The lowest BCUT2D eigenvalue weighted by molar-refractivity contribution is -0.141. The Kier molecular flexibility index (Phi) is 10.3. The minimum atomic E-state index is -0.431. The molecule has 4 nitrogen and oxygen atoms in total. The molecule has 0 spiro atoms. The maximum absolute atomic E-state index is 13.4. The number of amides is 2. The van der Waals surface area contributed by atoms with Crippen molar-refractivity contribution in [2.24, 2.45) is 0 Å². The van der Waals surface area contributed by atoms with E-state index in [0.29, 0.717) is 19.4 Å². The highest BCUT2D eigenvalue weighted by atomic mass is 32.2. The topological polar surface area (TPSA) is 49.4 Å². The van der Waals surface area contributed by atoms with E-state index in [1.807, 2.05) is 42.2 Å². The summed E-state index contributed by atoms with van der Waals surface area (Å²) in [7, 11) is 0. The van der Waals surface area contributed by atoms with Crippen molar-refractivity contribution in [1.82, 2.24) is 10.2 Å². The van der Waals surface area contributed by atoms with Crippen molar-refractivity contribution in [2.75, 3.05) is 5.75 Å². The maximum Gasteiger partial charge on any atom is 0.243 e. The van der Waals surface area contributed by atoms with E-state index in [2.05, 4.69) is 36.5 Å². The van der Waals surface area contributed by atoms with Crippen LogP contribution in [0.25, 0.3) is 0 Å². The van der Waals surface area contributed by atoms with Crippen molar-refractivity contribution in [3.63, 3.8) is 0 Å². The Bertz CT molecular complexity index is 880. The summed E-state index contributed by atoms with van der Waals surface area (Å²) >= 11 is 1.77. The van der Waals surface area contributed by atoms with Gasteiger partial charge in [-0.3, -0.25) is 9.59 Å². The summed E-state index contributed by atoms with van der Waals surface area (Å²) in [5, 5.41) is 3.25. The van der Waals surface area contributed by atoms with E-state index in [1.54, 1.807) is 11.8 Å². The van der Waals surface area contributed by atoms with Crippen molar-refractivity contribution >= 4 is 23.6 Å². The van der Waals surface area contributed by atoms with Gasteiger partial charge in [-0.15, -0.1) is 0 Å². The molecule has 2 aromatic carbocycles. The van der Waals surface area contributed by atoms with Crippen LogP contribution in [0.3, 0.4) is 0 Å². The number of rotatable bonds is 11. The minimum absolute atomic E-state index is 0.00217. The van der Waals surface area contributed by atoms with Crippen molar-refractivity contribution in [1.29, 1.82) is 0 Å². The van der Waals surface area contributed by atoms with E-state index < -0.39 is 6.04 Å². The Morgan fingerprint density at radius 1 is 1.03 bits per heavy atom. The van der Waals surface area contributed by atoms with Gasteiger partial charge >= 0.3 is 0 Å². The number of carbonyl (C=O) groups excluding carboxylic acids is 2. The van der Waals surface area contributed by atoms with Crippen LogP contribution in [0.4, 0.5) is 0 Å². The lowest BCUT2D eigenvalue weighted by atomic mass is 9.95. The molecule has 178 valence electrons. The Morgan fingerprint density at radius 2 is 1.76 bits per heavy atom. The summed E-state index contributed by atoms with van der Waals surface area (Å²) in [5.41, 5.74) is 3.51. The van der Waals surface area contributed by atoms with Crippen molar-refractivity contribution < 1.29 is 9.59 Å². The molecule has 0 radical (unpaired) electrons. The van der Waals surface area contributed by atoms with Crippen LogP contribution in [-0.2, 0) is 21.9 Å². The van der Waals surface area contributed by atoms with E-state index >= 15 is 0 Å². The number of aryl methyl sites for hydroxylation is 1. The number of benzene rings is 2. The zero-order chi connectivity index (χ0) is 23.5. The van der Waals surface area contributed by atoms with Crippen LogP contribution >= 0.6 is 11.8 Å². The third-order valence-corrected chi connectivity index (χ3v) is 7.37. The van der Waals surface area contributed by atoms with Gasteiger partial charge in [-0.2, -0.15) is 11.8 Å². The van der Waals surface area contributed by atoms with Gasteiger partial charge in [0.2, 0.25) is 11.8 Å². The summed E-state index contributed by atoms with van der Waals surface area (Å²) in [4.78, 5) is 28.4. The second-order valence-electron chi connectivity index (χ2n) is 9.07. The lowest BCUT2D eigenvalue weighted by Crippen LogP contribution is -2.51. The third-order valence-electron chi connectivity index (χ3n) is 6.34. The molecule has 5 heteroatoms. The smallest absolute Gasteiger partial charge is 0.243 e. The number of carbonyl (C=O) groups is 2. The van der Waals surface area contributed by atoms with Gasteiger partial charge in [0.05, 0.1) is 0 Å². The first-order valence-electron chi connectivity index (χ1n) is 12.3. The Labute approximate surface area is 203 Å². The standard InChI is InChI=1S/C28H38N2O2S/c1-3-26(28(32)29-25-15-8-5-9-16-25)30(20-24-14-10-11-22(2)19-24)27(31)17-18-33-21-23-12-6-4-7-13-23/h4,6-7,10-14,19,25-26H,3,5,8-9,15-18,20-21H2,1-2H3,(H,29,32). The van der Waals surface area contributed by atoms with Crippen molar-refractivity contribution in [3.05, 3.63) is 71.3 Å². The van der Waals surface area contributed by atoms with Crippen LogP contribution in [0.2, 0.25) is 0 Å². The highest BCUT2D eigenvalue weighted by molar-refractivity contribution is 7.98. The molecule has 1 unspecified atom stereocenters. The van der Waals surface area contributed by atoms with Gasteiger partial charge in [0.15, 0.2) is 0 Å². The van der Waals surface area contributed by atoms with Gasteiger partial charge < -0.3 is 10.2 Å². The molecule has 33 heavy (non-hydrogen) atoms. The average molecular weight is 467 g/mol. The van der Waals surface area contributed by atoms with E-state index in [1.165, 1.54) is 24.8 Å². The molecule has 0 aromatic heterocycles. The van der Waals surface area contributed by atoms with Gasteiger partial charge in [0.25, 0.3) is 0 Å². The monoisotopic (exact) mass is 466 g/mol. The van der Waals surface area contributed by atoms with Gasteiger partial charge in [-0.25, -0.2) is 0 Å². The molecular formula is C28H38N2O2S. The molecule has 1 N–H and O–H groups in total. The Balaban J connectivity index is 1.65. The van der Waals surface area contributed by atoms with Crippen molar-refractivity contribution in [3.8, 4) is 0 Å². The molecule has 1 atom stereocenters. The largest absolute Gasteiger partial charge is 0.352 e. The van der Waals surface area contributed by atoms with E-state index in [-0.39, 0.29) is 17.9 Å². The van der Waals surface area contributed by atoms with Gasteiger partial charge in [0, 0.05) is 30.5 Å². The molecule has 2 aromatic rings. The first kappa shape index (κ1) is 25.4. The Morgan fingerprint density at radius 3 is 2.45 bits per heavy atom. The molecule has 2 amide bonds. The van der Waals surface area contributed by atoms with Crippen molar-refractivity contribution in [2.45, 2.75) is 83.2 Å². The van der Waals surface area contributed by atoms with E-state index in [0.717, 1.165) is 35.5 Å². The second-order valence-corrected chi connectivity index (χ2v) is 10.2. The summed E-state index contributed by atoms with van der Waals surface area (Å²) in [6.45, 7) is 4.54. The molecule has 0 saturated heterocycles. The number of hydrogen-bond donors (Lipinski definition) is 1. The fraction of sp³-hybridized carbons (Fsp3) is 0.500.